The van der Waals surface area contributed by atoms with Crippen LogP contribution in [0.15, 0.2) is 141 Å². The maximum absolute atomic E-state index is 7.26. The minimum atomic E-state index is 0.382. The van der Waals surface area contributed by atoms with E-state index in [-0.39, 0.29) is 0 Å². The van der Waals surface area contributed by atoms with Crippen molar-refractivity contribution < 1.29 is 56.8 Å². The molecule has 1 aliphatic rings. The maximum Gasteiger partial charge on any atom is 0.161 e. The van der Waals surface area contributed by atoms with E-state index in [1.807, 2.05) is 97.7 Å². The van der Waals surface area contributed by atoms with Gasteiger partial charge in [-0.25, -0.2) is 0 Å². The van der Waals surface area contributed by atoms with Crippen molar-refractivity contribution in [3.05, 3.63) is 188 Å². The molecule has 576 valence electrons. The summed E-state index contributed by atoms with van der Waals surface area (Å²) in [6.07, 6.45) is 24.0. The molecule has 1 aliphatic carbocycles. The summed E-state index contributed by atoms with van der Waals surface area (Å²) in [7, 11) is 6.69. The zero-order valence-electron chi connectivity index (χ0n) is 66.3. The van der Waals surface area contributed by atoms with E-state index < -0.39 is 0 Å². The number of nitrogens with zero attached hydrogens (tertiary/aromatic N) is 4. The van der Waals surface area contributed by atoms with Crippen LogP contribution in [-0.2, 0) is 25.7 Å². The van der Waals surface area contributed by atoms with E-state index in [1.165, 1.54) is 0 Å². The van der Waals surface area contributed by atoms with Crippen LogP contribution in [0.25, 0.3) is 0 Å². The number of rotatable bonds is 44. The van der Waals surface area contributed by atoms with Crippen molar-refractivity contribution in [2.75, 3.05) is 81.3 Å². The molecule has 0 aliphatic heterocycles. The molecule has 0 N–H and O–H groups in total. The zero-order valence-corrected chi connectivity index (χ0v) is 66.3. The van der Waals surface area contributed by atoms with Gasteiger partial charge in [-0.3, -0.25) is 20.0 Å². The first kappa shape index (κ1) is 82.1. The minimum absolute atomic E-state index is 0.382. The van der Waals surface area contributed by atoms with Crippen LogP contribution in [0, 0.1) is 0 Å². The molecule has 0 unspecified atom stereocenters. The molecular weight excluding hydrogens is 1350 g/mol. The van der Waals surface area contributed by atoms with Crippen molar-refractivity contribution in [1.82, 2.24) is 0 Å². The Balaban J connectivity index is 1.35. The van der Waals surface area contributed by atoms with E-state index in [0.29, 0.717) is 125 Å². The predicted molar refractivity (Wildman–Crippen MR) is 441 cm³/mol. The van der Waals surface area contributed by atoms with Gasteiger partial charge in [0.1, 0.15) is 23.0 Å². The molecule has 0 spiro atoms. The average molecular weight is 1470 g/mol. The third-order valence-electron chi connectivity index (χ3n) is 18.6. The van der Waals surface area contributed by atoms with Crippen LogP contribution in [-0.4, -0.2) is 106 Å². The molecule has 0 amide bonds. The van der Waals surface area contributed by atoms with E-state index >= 15 is 0 Å². The van der Waals surface area contributed by atoms with Gasteiger partial charge in [-0.05, 0) is 195 Å². The van der Waals surface area contributed by atoms with Crippen LogP contribution in [0.3, 0.4) is 0 Å². The monoisotopic (exact) mass is 1470 g/mol. The number of aliphatic imine (C=N–C) groups is 4. The van der Waals surface area contributed by atoms with Crippen molar-refractivity contribution in [3.63, 3.8) is 0 Å². The lowest BCUT2D eigenvalue weighted by Crippen LogP contribution is -2.10. The van der Waals surface area contributed by atoms with Gasteiger partial charge in [0, 0.05) is 95.0 Å². The molecule has 8 aromatic carbocycles. The summed E-state index contributed by atoms with van der Waals surface area (Å²) in [4.78, 5) is 21.4. The molecule has 8 aromatic rings. The maximum atomic E-state index is 7.26. The standard InChI is InChI=1S/C92H116N4O12/c1-13-21-37-101-81-33-29-65(45-85(81)97-9)61-93-77-53-69-49-71-55-78(94-62-66-30-34-82(86(46-66)98-10)102-38-22-14-2)57-73(90(71)106-42-26-18-6)51-75-59-80(96-64-68-32-36-84(88(48-68)100-12)104-40-24-16-4)60-76(92(75)108-44-28-20-8)52-74-58-79(95-63-67-31-35-83(87(47-67)99-11)103-39-23-15-3)56-72(91(74)107-43-27-19-7)50-70(54-77)89(69)105-41-25-17-5/h29-36,45-48,53-64H,13-28,37-44,49-52H2,1-12H3. The molecule has 0 saturated carbocycles. The summed E-state index contributed by atoms with van der Waals surface area (Å²) in [6.45, 7) is 21.7. The molecule has 0 atom stereocenters. The third-order valence-corrected chi connectivity index (χ3v) is 18.6. The molecule has 0 radical (unpaired) electrons. The highest BCUT2D eigenvalue weighted by Crippen LogP contribution is 2.45. The smallest absolute Gasteiger partial charge is 0.161 e. The summed E-state index contributed by atoms with van der Waals surface area (Å²) in [5.41, 5.74) is 13.7. The fourth-order valence-corrected chi connectivity index (χ4v) is 12.6. The van der Waals surface area contributed by atoms with Gasteiger partial charge >= 0.3 is 0 Å². The van der Waals surface area contributed by atoms with Gasteiger partial charge in [-0.1, -0.05) is 107 Å². The Hall–Kier alpha value is -9.96. The molecule has 0 aromatic heterocycles. The quantitative estimate of drug-likeness (QED) is 0.0263. The van der Waals surface area contributed by atoms with Crippen LogP contribution in [0.4, 0.5) is 22.7 Å². The zero-order chi connectivity index (χ0) is 76.2. The summed E-state index contributed by atoms with van der Waals surface area (Å²) in [5.74, 6) is 8.39. The van der Waals surface area contributed by atoms with E-state index in [4.69, 9.17) is 76.8 Å². The first-order valence-electron chi connectivity index (χ1n) is 39.5. The first-order valence-corrected chi connectivity index (χ1v) is 39.5. The van der Waals surface area contributed by atoms with Gasteiger partial charge in [0.15, 0.2) is 46.0 Å². The lowest BCUT2D eigenvalue weighted by molar-refractivity contribution is 0.288. The number of methoxy groups -OCH3 is 4. The third kappa shape index (κ3) is 24.0. The number of benzene rings is 8. The van der Waals surface area contributed by atoms with Crippen molar-refractivity contribution in [3.8, 4) is 69.0 Å². The van der Waals surface area contributed by atoms with Gasteiger partial charge in [0.2, 0.25) is 0 Å². The number of ether oxygens (including phenoxy) is 12. The minimum Gasteiger partial charge on any atom is -0.493 e. The Labute approximate surface area is 643 Å². The summed E-state index contributed by atoms with van der Waals surface area (Å²) < 4.78 is 77.5. The second kappa shape index (κ2) is 44.4. The number of unbranched alkanes of at least 4 members (excludes halogenated alkanes) is 8. The summed E-state index contributed by atoms with van der Waals surface area (Å²) >= 11 is 0. The van der Waals surface area contributed by atoms with Crippen LogP contribution < -0.4 is 56.8 Å². The molecule has 16 nitrogen and oxygen atoms in total. The fourth-order valence-electron chi connectivity index (χ4n) is 12.6. The van der Waals surface area contributed by atoms with E-state index in [1.54, 1.807) is 28.4 Å². The Morgan fingerprint density at radius 2 is 0.407 bits per heavy atom. The molecule has 16 heteroatoms. The van der Waals surface area contributed by atoms with Gasteiger partial charge in [0.25, 0.3) is 0 Å². The Morgan fingerprint density at radius 1 is 0.231 bits per heavy atom. The Morgan fingerprint density at radius 3 is 0.574 bits per heavy atom. The average Bonchev–Trinajstić information content (AvgIpc) is 0.775. The fraction of sp³-hybridized carbons (Fsp3) is 0.435. The SMILES string of the molecule is CCCCOc1ccc(C=Nc2cc3c(OCCCC)c(c2)Cc2cc(N=Cc4ccc(OCCCC)c(OC)c4)cc(c2OCCCC)Cc2cc(N=Cc4ccc(OCCCC)c(OC)c4)cc(c2OCCCC)Cc2cc(N=Cc4ccc(OCCCC)c(OC)c4)cc(c2OCCCC)C3)cc1OC. The second-order valence-electron chi connectivity index (χ2n) is 27.4. The molecule has 108 heavy (non-hydrogen) atoms. The molecule has 0 saturated heterocycles. The topological polar surface area (TPSA) is 160 Å². The number of fused-ring (bicyclic) bond motifs is 8. The molecule has 0 fully saturated rings. The van der Waals surface area contributed by atoms with Crippen molar-refractivity contribution in [2.45, 2.75) is 184 Å². The van der Waals surface area contributed by atoms with Gasteiger partial charge in [-0.2, -0.15) is 0 Å². The van der Waals surface area contributed by atoms with E-state index in [2.05, 4.69) is 104 Å². The van der Waals surface area contributed by atoms with Gasteiger partial charge in [0.05, 0.1) is 104 Å². The highest BCUT2D eigenvalue weighted by atomic mass is 16.5. The summed E-state index contributed by atoms with van der Waals surface area (Å²) in [5, 5.41) is 0. The van der Waals surface area contributed by atoms with Crippen LogP contribution in [0.1, 0.15) is 225 Å². The van der Waals surface area contributed by atoms with Crippen molar-refractivity contribution >= 4 is 47.6 Å². The van der Waals surface area contributed by atoms with E-state index in [9.17, 15) is 0 Å². The molecular formula is C92H116N4O12. The van der Waals surface area contributed by atoms with E-state index in [0.717, 1.165) is 215 Å². The second-order valence-corrected chi connectivity index (χ2v) is 27.4. The van der Waals surface area contributed by atoms with Crippen LogP contribution in [0.5, 0.6) is 69.0 Å². The molecule has 9 rings (SSSR count). The molecule has 8 bridgehead atoms. The largest absolute Gasteiger partial charge is 0.493 e. The summed E-state index contributed by atoms with van der Waals surface area (Å²) in [6, 6.07) is 41.2. The first-order chi connectivity index (χ1) is 53.0. The lowest BCUT2D eigenvalue weighted by Gasteiger charge is -2.24. The van der Waals surface area contributed by atoms with Gasteiger partial charge in [-0.15, -0.1) is 0 Å². The van der Waals surface area contributed by atoms with Crippen LogP contribution in [0.2, 0.25) is 0 Å². The lowest BCUT2D eigenvalue weighted by atomic mass is 9.90. The highest BCUT2D eigenvalue weighted by molar-refractivity contribution is 5.86. The Bertz CT molecular complexity index is 3640. The number of hydrogen-bond donors (Lipinski definition) is 0. The Kier molecular flexibility index (Phi) is 33.7. The predicted octanol–water partition coefficient (Wildman–Crippen LogP) is 22.8. The number of hydrogen-bond acceptors (Lipinski definition) is 16. The highest BCUT2D eigenvalue weighted by Gasteiger charge is 2.26. The van der Waals surface area contributed by atoms with Gasteiger partial charge < -0.3 is 56.8 Å². The van der Waals surface area contributed by atoms with Crippen molar-refractivity contribution in [2.24, 2.45) is 20.0 Å². The van der Waals surface area contributed by atoms with Crippen molar-refractivity contribution in [1.29, 1.82) is 0 Å². The normalized spacial score (nSPS) is 12.1. The molecule has 0 heterocycles. The van der Waals surface area contributed by atoms with Crippen LogP contribution >= 0.6 is 0 Å².